The van der Waals surface area contributed by atoms with E-state index in [0.29, 0.717) is 11.4 Å². The van der Waals surface area contributed by atoms with E-state index in [2.05, 4.69) is 72.7 Å². The number of hydrogen-bond donors (Lipinski definition) is 0. The van der Waals surface area contributed by atoms with Crippen molar-refractivity contribution in [1.82, 2.24) is 15.0 Å². The van der Waals surface area contributed by atoms with E-state index in [-0.39, 0.29) is 15.4 Å². The Morgan fingerprint density at radius 2 is 1.42 bits per heavy atom. The highest BCUT2D eigenvalue weighted by Crippen LogP contribution is 2.45. The summed E-state index contributed by atoms with van der Waals surface area (Å²) in [6.45, 7) is 15.6. The van der Waals surface area contributed by atoms with Gasteiger partial charge in [-0.25, -0.2) is 4.79 Å². The van der Waals surface area contributed by atoms with Crippen molar-refractivity contribution in [3.8, 4) is 11.4 Å². The lowest BCUT2D eigenvalue weighted by molar-refractivity contribution is 0.118. The number of rotatable bonds is 7. The van der Waals surface area contributed by atoms with Crippen LogP contribution in [0.3, 0.4) is 0 Å². The lowest BCUT2D eigenvalue weighted by Crippen LogP contribution is -2.28. The number of benzene rings is 3. The third kappa shape index (κ3) is 6.03. The molecule has 0 unspecified atom stereocenters. The molecule has 0 N–H and O–H groups in total. The number of ether oxygens (including phenoxy) is 2. The van der Waals surface area contributed by atoms with Crippen molar-refractivity contribution in [2.24, 2.45) is 5.41 Å². The summed E-state index contributed by atoms with van der Waals surface area (Å²) in [5.74, 6) is 0.393. The molecule has 7 heteroatoms. The average molecular weight is 626 g/mol. The Morgan fingerprint density at radius 3 is 1.97 bits per heavy atom. The molecular weight excluding hydrogens is 589 g/mol. The summed E-state index contributed by atoms with van der Waals surface area (Å²) < 4.78 is 11.4. The first-order valence-corrected chi connectivity index (χ1v) is 14.3. The highest BCUT2D eigenvalue weighted by atomic mass is 127. The second-order valence-corrected chi connectivity index (χ2v) is 12.7. The Kier molecular flexibility index (Phi) is 7.89. The van der Waals surface area contributed by atoms with Gasteiger partial charge >= 0.3 is 6.16 Å². The summed E-state index contributed by atoms with van der Waals surface area (Å²) in [5.41, 5.74) is 4.64. The summed E-state index contributed by atoms with van der Waals surface area (Å²) in [6.07, 6.45) is 0.195. The van der Waals surface area contributed by atoms with Crippen molar-refractivity contribution in [2.45, 2.75) is 65.7 Å². The predicted octanol–water partition coefficient (Wildman–Crippen LogP) is 8.37. The predicted molar refractivity (Wildman–Crippen MR) is 161 cm³/mol. The molecule has 4 aromatic rings. The number of carbonyl (C=O) groups excluding carboxylic acids is 1. The quantitative estimate of drug-likeness (QED) is 0.0894. The van der Waals surface area contributed by atoms with Crippen LogP contribution in [-0.2, 0) is 15.6 Å². The number of hydrogen-bond acceptors (Lipinski definition) is 5. The molecule has 1 heterocycles. The molecule has 0 bridgehead atoms. The summed E-state index contributed by atoms with van der Waals surface area (Å²) in [6, 6.07) is 22.2. The first-order chi connectivity index (χ1) is 17.8. The minimum Gasteiger partial charge on any atom is -0.423 e. The Labute approximate surface area is 238 Å². The molecule has 0 radical (unpaired) electrons. The highest BCUT2D eigenvalue weighted by Gasteiger charge is 2.35. The van der Waals surface area contributed by atoms with Crippen LogP contribution < -0.4 is 4.74 Å². The van der Waals surface area contributed by atoms with Crippen LogP contribution in [0.2, 0.25) is 0 Å². The molecule has 38 heavy (non-hydrogen) atoms. The van der Waals surface area contributed by atoms with Gasteiger partial charge in [0, 0.05) is 11.0 Å². The van der Waals surface area contributed by atoms with Crippen molar-refractivity contribution >= 4 is 39.8 Å². The van der Waals surface area contributed by atoms with Crippen LogP contribution in [0.4, 0.5) is 4.79 Å². The minimum absolute atomic E-state index is 0.108. The van der Waals surface area contributed by atoms with Crippen molar-refractivity contribution in [3.63, 3.8) is 0 Å². The topological polar surface area (TPSA) is 66.2 Å². The van der Waals surface area contributed by atoms with Gasteiger partial charge in [0.05, 0.1) is 0 Å². The molecule has 3 aromatic carbocycles. The lowest BCUT2D eigenvalue weighted by atomic mass is 9.70. The molecule has 0 saturated heterocycles. The van der Waals surface area contributed by atoms with E-state index in [1.54, 1.807) is 4.80 Å². The molecule has 4 rings (SSSR count). The number of alkyl halides is 1. The zero-order valence-corrected chi connectivity index (χ0v) is 25.4. The van der Waals surface area contributed by atoms with E-state index in [0.717, 1.165) is 34.1 Å². The first-order valence-electron chi connectivity index (χ1n) is 12.8. The second kappa shape index (κ2) is 10.7. The molecule has 0 atom stereocenters. The molecule has 200 valence electrons. The molecule has 0 spiro atoms. The van der Waals surface area contributed by atoms with Gasteiger partial charge in [-0.2, -0.15) is 0 Å². The molecule has 0 amide bonds. The zero-order chi connectivity index (χ0) is 27.7. The van der Waals surface area contributed by atoms with Gasteiger partial charge in [-0.15, -0.1) is 15.0 Å². The van der Waals surface area contributed by atoms with E-state index in [1.165, 1.54) is 0 Å². The third-order valence-corrected chi connectivity index (χ3v) is 7.16. The normalized spacial score (nSPS) is 12.5. The minimum atomic E-state index is -0.760. The maximum atomic E-state index is 12.8. The number of halogens is 1. The number of fused-ring (bicyclic) bond motifs is 1. The van der Waals surface area contributed by atoms with Crippen LogP contribution in [0.15, 0.2) is 66.7 Å². The van der Waals surface area contributed by atoms with Gasteiger partial charge in [0.15, 0.2) is 5.75 Å². The van der Waals surface area contributed by atoms with E-state index in [4.69, 9.17) is 19.7 Å². The molecular formula is C31H36IN3O3. The van der Waals surface area contributed by atoms with Gasteiger partial charge in [-0.3, -0.25) is 0 Å². The Morgan fingerprint density at radius 1 is 0.842 bits per heavy atom. The fourth-order valence-corrected chi connectivity index (χ4v) is 5.54. The number of nitrogens with zero attached hydrogens (tertiary/aromatic N) is 3. The molecule has 0 aliphatic heterocycles. The van der Waals surface area contributed by atoms with Crippen molar-refractivity contribution in [1.29, 1.82) is 0 Å². The monoisotopic (exact) mass is 625 g/mol. The SMILES string of the molecule is CC(C)(C)CC(C)(C)c1cc(-n2nc3ccccc3n2)c(OC(=O)OCI)c(C(C)(C)c2ccccc2)c1. The standard InChI is InChI=1S/C31H36IN3O3/c1-29(2,3)19-30(4,5)22-17-23(31(6,7)21-13-9-8-10-14-21)27(38-28(36)37-20-32)26(18-22)35-33-24-15-11-12-16-25(24)34-35/h8-18H,19-20H2,1-7H3. The molecule has 6 nitrogen and oxygen atoms in total. The van der Waals surface area contributed by atoms with Crippen LogP contribution in [0.5, 0.6) is 5.75 Å². The van der Waals surface area contributed by atoms with Gasteiger partial charge in [-0.05, 0) is 69.2 Å². The van der Waals surface area contributed by atoms with Crippen LogP contribution in [0, 0.1) is 5.41 Å². The van der Waals surface area contributed by atoms with Gasteiger partial charge in [-0.1, -0.05) is 97.0 Å². The fraction of sp³-hybridized carbons (Fsp3) is 0.387. The number of aromatic nitrogens is 3. The Hall–Kier alpha value is -2.94. The summed E-state index contributed by atoms with van der Waals surface area (Å²) in [7, 11) is 0. The van der Waals surface area contributed by atoms with Crippen molar-refractivity contribution < 1.29 is 14.3 Å². The largest absolute Gasteiger partial charge is 0.514 e. The van der Waals surface area contributed by atoms with Crippen LogP contribution in [-0.4, -0.2) is 25.8 Å². The first kappa shape index (κ1) is 28.1. The van der Waals surface area contributed by atoms with Crippen LogP contribution >= 0.6 is 22.6 Å². The van der Waals surface area contributed by atoms with Gasteiger partial charge in [0.25, 0.3) is 0 Å². The number of carbonyl (C=O) groups is 1. The summed E-state index contributed by atoms with van der Waals surface area (Å²) in [5, 5.41) is 9.53. The van der Waals surface area contributed by atoms with Crippen LogP contribution in [0.25, 0.3) is 16.7 Å². The van der Waals surface area contributed by atoms with Gasteiger partial charge in [0.1, 0.15) is 21.3 Å². The average Bonchev–Trinajstić information content (AvgIpc) is 3.27. The van der Waals surface area contributed by atoms with Crippen LogP contribution in [0.1, 0.15) is 71.6 Å². The Balaban J connectivity index is 2.05. The summed E-state index contributed by atoms with van der Waals surface area (Å²) >= 11 is 1.98. The molecule has 0 aliphatic carbocycles. The van der Waals surface area contributed by atoms with E-state index < -0.39 is 11.6 Å². The maximum Gasteiger partial charge on any atom is 0.514 e. The van der Waals surface area contributed by atoms with Crippen molar-refractivity contribution in [2.75, 3.05) is 4.61 Å². The zero-order valence-electron chi connectivity index (χ0n) is 23.2. The lowest BCUT2D eigenvalue weighted by Gasteiger charge is -2.36. The van der Waals surface area contributed by atoms with Gasteiger partial charge < -0.3 is 9.47 Å². The van der Waals surface area contributed by atoms with E-state index >= 15 is 0 Å². The van der Waals surface area contributed by atoms with Crippen molar-refractivity contribution in [3.05, 3.63) is 83.4 Å². The molecule has 0 fully saturated rings. The molecule has 0 aliphatic rings. The smallest absolute Gasteiger partial charge is 0.423 e. The van der Waals surface area contributed by atoms with Gasteiger partial charge in [0.2, 0.25) is 0 Å². The fourth-order valence-electron chi connectivity index (χ4n) is 5.29. The Bertz CT molecular complexity index is 1400. The van der Waals surface area contributed by atoms with E-state index in [9.17, 15) is 4.79 Å². The third-order valence-electron chi connectivity index (χ3n) is 6.85. The maximum absolute atomic E-state index is 12.8. The second-order valence-electron chi connectivity index (χ2n) is 12.1. The highest BCUT2D eigenvalue weighted by molar-refractivity contribution is 14.1. The molecule has 0 saturated carbocycles. The molecule has 1 aromatic heterocycles. The van der Waals surface area contributed by atoms with E-state index in [1.807, 2.05) is 65.1 Å². The summed E-state index contributed by atoms with van der Waals surface area (Å²) in [4.78, 5) is 14.3.